The summed E-state index contributed by atoms with van der Waals surface area (Å²) in [4.78, 5) is 3.57. The molecule has 0 aliphatic carbocycles. The molecule has 1 heterocycles. The molecule has 1 atom stereocenters. The summed E-state index contributed by atoms with van der Waals surface area (Å²) in [6.45, 7) is 3.26. The Balaban J connectivity index is 2.34. The van der Waals surface area contributed by atoms with Gasteiger partial charge in [-0.2, -0.15) is 0 Å². The summed E-state index contributed by atoms with van der Waals surface area (Å²) in [5.74, 6) is -0.824. The predicted octanol–water partition coefficient (Wildman–Crippen LogP) is 2.21. The number of halogens is 1. The fourth-order valence-electron chi connectivity index (χ4n) is 1.67. The number of thiazole rings is 1. The molecule has 0 aliphatic heterocycles. The monoisotopic (exact) mass is 315 g/mol. The van der Waals surface area contributed by atoms with Gasteiger partial charge in [0, 0.05) is 17.3 Å². The minimum Gasteiger partial charge on any atom is -0.398 e. The van der Waals surface area contributed by atoms with Gasteiger partial charge in [-0.15, -0.1) is 11.3 Å². The van der Waals surface area contributed by atoms with Gasteiger partial charge in [0.15, 0.2) is 0 Å². The third-order valence-electron chi connectivity index (χ3n) is 2.76. The maximum atomic E-state index is 13.8. The Morgan fingerprint density at radius 1 is 1.45 bits per heavy atom. The van der Waals surface area contributed by atoms with E-state index in [4.69, 9.17) is 5.73 Å². The lowest BCUT2D eigenvalue weighted by Crippen LogP contribution is -2.27. The number of nitrogens with two attached hydrogens (primary N) is 1. The third-order valence-corrected chi connectivity index (χ3v) is 5.28. The summed E-state index contributed by atoms with van der Waals surface area (Å²) < 4.78 is 40.6. The van der Waals surface area contributed by atoms with Crippen molar-refractivity contribution in [3.63, 3.8) is 0 Å². The van der Waals surface area contributed by atoms with E-state index in [1.165, 1.54) is 11.3 Å². The van der Waals surface area contributed by atoms with Crippen molar-refractivity contribution in [2.24, 2.45) is 0 Å². The van der Waals surface area contributed by atoms with E-state index in [2.05, 4.69) is 9.71 Å². The number of benzene rings is 1. The molecule has 0 fully saturated rings. The van der Waals surface area contributed by atoms with Gasteiger partial charge in [0.2, 0.25) is 10.0 Å². The average Bonchev–Trinajstić information content (AvgIpc) is 2.86. The topological polar surface area (TPSA) is 85.1 Å². The Hall–Kier alpha value is -1.51. The molecule has 3 N–H and O–H groups in total. The van der Waals surface area contributed by atoms with Crippen LogP contribution < -0.4 is 10.5 Å². The zero-order valence-corrected chi connectivity index (χ0v) is 12.6. The molecule has 1 unspecified atom stereocenters. The number of anilines is 1. The fraction of sp³-hybridized carbons (Fsp3) is 0.250. The number of sulfonamides is 1. The maximum Gasteiger partial charge on any atom is 0.244 e. The maximum absolute atomic E-state index is 13.8. The zero-order chi connectivity index (χ0) is 14.9. The minimum atomic E-state index is -3.99. The van der Waals surface area contributed by atoms with E-state index in [0.717, 1.165) is 12.1 Å². The van der Waals surface area contributed by atoms with Crippen molar-refractivity contribution < 1.29 is 12.8 Å². The van der Waals surface area contributed by atoms with Crippen LogP contribution in [0.1, 0.15) is 23.5 Å². The first-order valence-electron chi connectivity index (χ1n) is 5.78. The number of aromatic nitrogens is 1. The van der Waals surface area contributed by atoms with Crippen molar-refractivity contribution in [1.29, 1.82) is 0 Å². The quantitative estimate of drug-likeness (QED) is 0.847. The van der Waals surface area contributed by atoms with Crippen molar-refractivity contribution >= 4 is 27.0 Å². The average molecular weight is 315 g/mol. The molecule has 8 heteroatoms. The van der Waals surface area contributed by atoms with Gasteiger partial charge in [-0.25, -0.2) is 22.5 Å². The molecule has 2 rings (SSSR count). The second-order valence-corrected chi connectivity index (χ2v) is 6.96. The van der Waals surface area contributed by atoms with Crippen LogP contribution in [0.3, 0.4) is 0 Å². The standard InChI is InChI=1S/C12H14FN3O2S2/c1-7-5-9(13)11(6-10(7)14)20(17,18)16-8(2)12-15-3-4-19-12/h3-6,8,16H,14H2,1-2H3. The summed E-state index contributed by atoms with van der Waals surface area (Å²) in [7, 11) is -3.99. The van der Waals surface area contributed by atoms with Crippen LogP contribution in [0.4, 0.5) is 10.1 Å². The number of aryl methyl sites for hydroxylation is 1. The first-order valence-corrected chi connectivity index (χ1v) is 8.15. The van der Waals surface area contributed by atoms with Crippen LogP contribution in [0, 0.1) is 12.7 Å². The summed E-state index contributed by atoms with van der Waals surface area (Å²) in [5, 5.41) is 2.35. The van der Waals surface area contributed by atoms with Gasteiger partial charge >= 0.3 is 0 Å². The molecule has 1 aromatic carbocycles. The van der Waals surface area contributed by atoms with Gasteiger partial charge in [-0.3, -0.25) is 0 Å². The van der Waals surface area contributed by atoms with E-state index >= 15 is 0 Å². The van der Waals surface area contributed by atoms with Crippen molar-refractivity contribution in [2.45, 2.75) is 24.8 Å². The molecule has 108 valence electrons. The van der Waals surface area contributed by atoms with Crippen LogP contribution in [-0.4, -0.2) is 13.4 Å². The van der Waals surface area contributed by atoms with Gasteiger partial charge in [-0.1, -0.05) is 0 Å². The van der Waals surface area contributed by atoms with Gasteiger partial charge in [0.25, 0.3) is 0 Å². The van der Waals surface area contributed by atoms with Crippen LogP contribution in [0.15, 0.2) is 28.6 Å². The lowest BCUT2D eigenvalue weighted by atomic mass is 10.2. The Morgan fingerprint density at radius 3 is 2.75 bits per heavy atom. The first kappa shape index (κ1) is 14.9. The number of nitrogens with zero attached hydrogens (tertiary/aromatic N) is 1. The summed E-state index contributed by atoms with van der Waals surface area (Å²) in [6, 6.07) is 1.70. The van der Waals surface area contributed by atoms with Crippen molar-refractivity contribution in [2.75, 3.05) is 5.73 Å². The number of hydrogen-bond donors (Lipinski definition) is 2. The van der Waals surface area contributed by atoms with E-state index in [1.54, 1.807) is 25.4 Å². The lowest BCUT2D eigenvalue weighted by molar-refractivity contribution is 0.546. The SMILES string of the molecule is Cc1cc(F)c(S(=O)(=O)NC(C)c2nccs2)cc1N. The van der Waals surface area contributed by atoms with E-state index in [0.29, 0.717) is 10.6 Å². The van der Waals surface area contributed by atoms with Gasteiger partial charge in [0.05, 0.1) is 6.04 Å². The molecule has 0 saturated carbocycles. The fourth-order valence-corrected chi connectivity index (χ4v) is 3.69. The molecule has 0 aliphatic rings. The number of hydrogen-bond acceptors (Lipinski definition) is 5. The van der Waals surface area contributed by atoms with Gasteiger partial charge in [-0.05, 0) is 31.5 Å². The molecule has 1 aromatic heterocycles. The molecule has 0 saturated heterocycles. The highest BCUT2D eigenvalue weighted by atomic mass is 32.2. The van der Waals surface area contributed by atoms with Crippen LogP contribution in [0.2, 0.25) is 0 Å². The van der Waals surface area contributed by atoms with E-state index in [-0.39, 0.29) is 5.69 Å². The third kappa shape index (κ3) is 2.97. The smallest absolute Gasteiger partial charge is 0.244 e. The minimum absolute atomic E-state index is 0.230. The number of rotatable bonds is 4. The molecule has 0 amide bonds. The second kappa shape index (κ2) is 5.47. The Morgan fingerprint density at radius 2 is 2.15 bits per heavy atom. The Kier molecular flexibility index (Phi) is 4.07. The number of nitrogens with one attached hydrogen (secondary N) is 1. The second-order valence-electron chi connectivity index (χ2n) is 4.35. The zero-order valence-electron chi connectivity index (χ0n) is 10.9. The normalized spacial score (nSPS) is 13.3. The van der Waals surface area contributed by atoms with Gasteiger partial charge < -0.3 is 5.73 Å². The van der Waals surface area contributed by atoms with E-state index in [9.17, 15) is 12.8 Å². The first-order chi connectivity index (χ1) is 9.31. The van der Waals surface area contributed by atoms with Crippen LogP contribution >= 0.6 is 11.3 Å². The molecule has 0 bridgehead atoms. The number of nitrogen functional groups attached to an aromatic ring is 1. The van der Waals surface area contributed by atoms with Gasteiger partial charge in [0.1, 0.15) is 15.7 Å². The highest BCUT2D eigenvalue weighted by Gasteiger charge is 2.23. The highest BCUT2D eigenvalue weighted by Crippen LogP contribution is 2.24. The Bertz CT molecular complexity index is 715. The summed E-state index contributed by atoms with van der Waals surface area (Å²) in [6.07, 6.45) is 1.58. The van der Waals surface area contributed by atoms with Crippen LogP contribution in [0.25, 0.3) is 0 Å². The van der Waals surface area contributed by atoms with E-state index < -0.39 is 26.8 Å². The molecule has 2 aromatic rings. The molecular weight excluding hydrogens is 301 g/mol. The molecular formula is C12H14FN3O2S2. The lowest BCUT2D eigenvalue weighted by Gasteiger charge is -2.13. The molecule has 20 heavy (non-hydrogen) atoms. The summed E-state index contributed by atoms with van der Waals surface area (Å²) >= 11 is 1.32. The molecule has 0 radical (unpaired) electrons. The highest BCUT2D eigenvalue weighted by molar-refractivity contribution is 7.89. The van der Waals surface area contributed by atoms with Crippen molar-refractivity contribution in [3.05, 3.63) is 40.1 Å². The van der Waals surface area contributed by atoms with Crippen molar-refractivity contribution in [3.8, 4) is 0 Å². The van der Waals surface area contributed by atoms with Crippen LogP contribution in [-0.2, 0) is 10.0 Å². The largest absolute Gasteiger partial charge is 0.398 e. The van der Waals surface area contributed by atoms with E-state index in [1.807, 2.05) is 0 Å². The van der Waals surface area contributed by atoms with Crippen LogP contribution in [0.5, 0.6) is 0 Å². The van der Waals surface area contributed by atoms with Crippen molar-refractivity contribution in [1.82, 2.24) is 9.71 Å². The summed E-state index contributed by atoms with van der Waals surface area (Å²) in [5.41, 5.74) is 6.37. The molecule has 0 spiro atoms. The Labute approximate surface area is 120 Å². The predicted molar refractivity (Wildman–Crippen MR) is 76.4 cm³/mol. The molecule has 5 nitrogen and oxygen atoms in total.